The van der Waals surface area contributed by atoms with E-state index in [1.807, 2.05) is 12.1 Å². The van der Waals surface area contributed by atoms with Crippen molar-refractivity contribution in [2.75, 3.05) is 0 Å². The first kappa shape index (κ1) is 20.2. The van der Waals surface area contributed by atoms with E-state index in [1.54, 1.807) is 18.4 Å². The van der Waals surface area contributed by atoms with Crippen molar-refractivity contribution in [1.82, 2.24) is 10.3 Å². The van der Waals surface area contributed by atoms with Gasteiger partial charge in [0.2, 0.25) is 11.8 Å². The van der Waals surface area contributed by atoms with Crippen LogP contribution in [-0.4, -0.2) is 23.0 Å². The Morgan fingerprint density at radius 3 is 2.56 bits per heavy atom. The molecular weight excluding hydrogens is 385 g/mol. The fourth-order valence-corrected chi connectivity index (χ4v) is 4.67. The fourth-order valence-electron chi connectivity index (χ4n) is 4.54. The van der Waals surface area contributed by atoms with Gasteiger partial charge >= 0.3 is 0 Å². The van der Waals surface area contributed by atoms with E-state index in [1.165, 1.54) is 19.3 Å². The zero-order valence-corrected chi connectivity index (χ0v) is 16.6. The van der Waals surface area contributed by atoms with E-state index >= 15 is 0 Å². The minimum atomic E-state index is 0. The van der Waals surface area contributed by atoms with Crippen LogP contribution in [0.15, 0.2) is 34.9 Å². The largest absolute Gasteiger partial charge is 0.444 e. The van der Waals surface area contributed by atoms with Gasteiger partial charge in [-0.3, -0.25) is 4.79 Å². The predicted octanol–water partition coefficient (Wildman–Crippen LogP) is 3.98. The predicted molar refractivity (Wildman–Crippen MR) is 108 cm³/mol. The van der Waals surface area contributed by atoms with Gasteiger partial charge in [-0.25, -0.2) is 4.98 Å². The SMILES string of the molecule is Cl.NC1CC2CCCC(C1)C2NC(=O)Cc1coc(-c2ccc(Cl)cc2)n1. The van der Waals surface area contributed by atoms with Gasteiger partial charge in [0, 0.05) is 22.7 Å². The lowest BCUT2D eigenvalue weighted by atomic mass is 9.67. The molecule has 27 heavy (non-hydrogen) atoms. The summed E-state index contributed by atoms with van der Waals surface area (Å²) in [7, 11) is 0. The molecular formula is C20H25Cl2N3O2. The van der Waals surface area contributed by atoms with E-state index in [-0.39, 0.29) is 36.8 Å². The van der Waals surface area contributed by atoms with E-state index in [9.17, 15) is 4.79 Å². The number of carbonyl (C=O) groups is 1. The van der Waals surface area contributed by atoms with Crippen molar-refractivity contribution in [3.63, 3.8) is 0 Å². The molecule has 0 saturated heterocycles. The third-order valence-electron chi connectivity index (χ3n) is 5.69. The number of fused-ring (bicyclic) bond motifs is 2. The number of hydrogen-bond donors (Lipinski definition) is 2. The maximum atomic E-state index is 12.5. The van der Waals surface area contributed by atoms with Crippen LogP contribution in [0.5, 0.6) is 0 Å². The molecule has 2 fully saturated rings. The molecule has 146 valence electrons. The van der Waals surface area contributed by atoms with Gasteiger partial charge in [-0.2, -0.15) is 0 Å². The molecule has 0 spiro atoms. The number of nitrogens with zero attached hydrogens (tertiary/aromatic N) is 1. The average molecular weight is 410 g/mol. The maximum absolute atomic E-state index is 12.5. The highest BCUT2D eigenvalue weighted by atomic mass is 35.5. The molecule has 7 heteroatoms. The molecule has 2 aliphatic carbocycles. The second kappa shape index (κ2) is 8.63. The molecule has 0 aliphatic heterocycles. The normalized spacial score (nSPS) is 26.9. The van der Waals surface area contributed by atoms with E-state index in [0.29, 0.717) is 28.4 Å². The number of rotatable bonds is 4. The van der Waals surface area contributed by atoms with Crippen LogP contribution in [0, 0.1) is 11.8 Å². The summed E-state index contributed by atoms with van der Waals surface area (Å²) in [6.07, 6.45) is 7.42. The molecule has 2 bridgehead atoms. The highest BCUT2D eigenvalue weighted by Crippen LogP contribution is 2.39. The van der Waals surface area contributed by atoms with E-state index in [0.717, 1.165) is 18.4 Å². The molecule has 2 aliphatic rings. The van der Waals surface area contributed by atoms with Gasteiger partial charge in [0.15, 0.2) is 0 Å². The number of amides is 1. The third kappa shape index (κ3) is 4.65. The van der Waals surface area contributed by atoms with Crippen molar-refractivity contribution in [3.05, 3.63) is 41.2 Å². The second-order valence-corrected chi connectivity index (χ2v) is 8.04. The summed E-state index contributed by atoms with van der Waals surface area (Å²) in [5.41, 5.74) is 7.65. The zero-order valence-electron chi connectivity index (χ0n) is 15.1. The summed E-state index contributed by atoms with van der Waals surface area (Å²) in [5, 5.41) is 3.92. The van der Waals surface area contributed by atoms with E-state index < -0.39 is 0 Å². The van der Waals surface area contributed by atoms with Crippen LogP contribution in [-0.2, 0) is 11.2 Å². The molecule has 2 saturated carbocycles. The van der Waals surface area contributed by atoms with Gasteiger partial charge in [0.05, 0.1) is 12.1 Å². The number of carbonyl (C=O) groups excluding carboxylic acids is 1. The second-order valence-electron chi connectivity index (χ2n) is 7.60. The Morgan fingerprint density at radius 2 is 1.89 bits per heavy atom. The molecule has 1 heterocycles. The number of nitrogens with one attached hydrogen (secondary N) is 1. The minimum Gasteiger partial charge on any atom is -0.444 e. The standard InChI is InChI=1S/C20H24ClN3O2.ClH/c21-15-6-4-12(5-7-15)20-23-17(11-26-20)10-18(25)24-19-13-2-1-3-14(19)9-16(22)8-13;/h4-7,11,13-14,16,19H,1-3,8-10,22H2,(H,24,25);1H. The fraction of sp³-hybridized carbons (Fsp3) is 0.500. The number of oxazole rings is 1. The van der Waals surface area contributed by atoms with Crippen molar-refractivity contribution < 1.29 is 9.21 Å². The van der Waals surface area contributed by atoms with Crippen LogP contribution < -0.4 is 11.1 Å². The Kier molecular flexibility index (Phi) is 6.45. The lowest BCUT2D eigenvalue weighted by molar-refractivity contribution is -0.122. The topological polar surface area (TPSA) is 81.1 Å². The zero-order chi connectivity index (χ0) is 18.1. The Hall–Kier alpha value is -1.56. The van der Waals surface area contributed by atoms with Crippen molar-refractivity contribution in [3.8, 4) is 11.5 Å². The summed E-state index contributed by atoms with van der Waals surface area (Å²) in [4.78, 5) is 17.0. The molecule has 3 N–H and O–H groups in total. The van der Waals surface area contributed by atoms with Crippen molar-refractivity contribution in [2.45, 2.75) is 50.6 Å². The van der Waals surface area contributed by atoms with Crippen LogP contribution in [0.1, 0.15) is 37.8 Å². The van der Waals surface area contributed by atoms with Crippen molar-refractivity contribution >= 4 is 29.9 Å². The van der Waals surface area contributed by atoms with Gasteiger partial charge in [-0.15, -0.1) is 12.4 Å². The molecule has 4 rings (SSSR count). The average Bonchev–Trinajstić information content (AvgIpc) is 3.04. The first-order chi connectivity index (χ1) is 12.6. The monoisotopic (exact) mass is 409 g/mol. The van der Waals surface area contributed by atoms with E-state index in [4.69, 9.17) is 21.8 Å². The van der Waals surface area contributed by atoms with Crippen LogP contribution in [0.2, 0.25) is 5.02 Å². The number of nitrogens with two attached hydrogens (primary N) is 1. The lowest BCUT2D eigenvalue weighted by Gasteiger charge is -2.45. The number of halogens is 2. The number of benzene rings is 1. The Labute approximate surface area is 170 Å². The number of hydrogen-bond acceptors (Lipinski definition) is 4. The van der Waals surface area contributed by atoms with Gasteiger partial charge in [-0.1, -0.05) is 18.0 Å². The Bertz CT molecular complexity index is 764. The van der Waals surface area contributed by atoms with Crippen LogP contribution in [0.25, 0.3) is 11.5 Å². The van der Waals surface area contributed by atoms with Crippen LogP contribution in [0.3, 0.4) is 0 Å². The van der Waals surface area contributed by atoms with Gasteiger partial charge in [0.25, 0.3) is 0 Å². The Balaban J connectivity index is 0.00000210. The molecule has 2 aromatic rings. The minimum absolute atomic E-state index is 0. The smallest absolute Gasteiger partial charge is 0.226 e. The highest BCUT2D eigenvalue weighted by Gasteiger charge is 2.39. The highest BCUT2D eigenvalue weighted by molar-refractivity contribution is 6.30. The third-order valence-corrected chi connectivity index (χ3v) is 5.94. The summed E-state index contributed by atoms with van der Waals surface area (Å²) in [5.74, 6) is 1.55. The van der Waals surface area contributed by atoms with Crippen LogP contribution >= 0.6 is 24.0 Å². The van der Waals surface area contributed by atoms with Gasteiger partial charge in [-0.05, 0) is 61.8 Å². The summed E-state index contributed by atoms with van der Waals surface area (Å²) in [6, 6.07) is 7.84. The summed E-state index contributed by atoms with van der Waals surface area (Å²) in [6.45, 7) is 0. The maximum Gasteiger partial charge on any atom is 0.226 e. The summed E-state index contributed by atoms with van der Waals surface area (Å²) < 4.78 is 5.52. The molecule has 5 nitrogen and oxygen atoms in total. The number of aromatic nitrogens is 1. The van der Waals surface area contributed by atoms with Gasteiger partial charge in [0.1, 0.15) is 6.26 Å². The molecule has 0 radical (unpaired) electrons. The molecule has 1 aromatic heterocycles. The Morgan fingerprint density at radius 1 is 1.22 bits per heavy atom. The van der Waals surface area contributed by atoms with Crippen molar-refractivity contribution in [2.24, 2.45) is 17.6 Å². The molecule has 2 unspecified atom stereocenters. The first-order valence-corrected chi connectivity index (χ1v) is 9.71. The molecule has 2 atom stereocenters. The van der Waals surface area contributed by atoms with E-state index in [2.05, 4.69) is 10.3 Å². The summed E-state index contributed by atoms with van der Waals surface area (Å²) >= 11 is 5.90. The molecule has 1 amide bonds. The quantitative estimate of drug-likeness (QED) is 0.799. The first-order valence-electron chi connectivity index (χ1n) is 9.34. The van der Waals surface area contributed by atoms with Crippen molar-refractivity contribution in [1.29, 1.82) is 0 Å². The van der Waals surface area contributed by atoms with Crippen LogP contribution in [0.4, 0.5) is 0 Å². The lowest BCUT2D eigenvalue weighted by Crippen LogP contribution is -2.54. The van der Waals surface area contributed by atoms with Gasteiger partial charge < -0.3 is 15.5 Å². The molecule has 1 aromatic carbocycles.